The van der Waals surface area contributed by atoms with Crippen molar-refractivity contribution in [1.29, 1.82) is 0 Å². The number of hydrogen-bond acceptors (Lipinski definition) is 3. The second-order valence-electron chi connectivity index (χ2n) is 7.70. The van der Waals surface area contributed by atoms with Gasteiger partial charge in [-0.15, -0.1) is 0 Å². The van der Waals surface area contributed by atoms with E-state index in [4.69, 9.17) is 5.11 Å². The highest BCUT2D eigenvalue weighted by Gasteiger charge is 2.14. The lowest BCUT2D eigenvalue weighted by Crippen LogP contribution is -2.13. The molecule has 6 heteroatoms. The van der Waals surface area contributed by atoms with E-state index in [1.165, 1.54) is 0 Å². The van der Waals surface area contributed by atoms with E-state index in [9.17, 15) is 13.2 Å². The number of carboxylic acids is 1. The van der Waals surface area contributed by atoms with Crippen molar-refractivity contribution in [2.24, 2.45) is 0 Å². The first-order valence-corrected chi connectivity index (χ1v) is 12.0. The van der Waals surface area contributed by atoms with Crippen LogP contribution in [0.4, 0.5) is 5.69 Å². The van der Waals surface area contributed by atoms with Crippen LogP contribution in [0.1, 0.15) is 21.5 Å². The van der Waals surface area contributed by atoms with Gasteiger partial charge in [0.05, 0.1) is 10.5 Å². The number of carbonyl (C=O) groups is 1. The molecule has 4 aromatic carbocycles. The van der Waals surface area contributed by atoms with Crippen LogP contribution in [0.3, 0.4) is 0 Å². The van der Waals surface area contributed by atoms with Crippen LogP contribution < -0.4 is 4.72 Å². The summed E-state index contributed by atoms with van der Waals surface area (Å²) in [6.07, 6.45) is 1.42. The Morgan fingerprint density at radius 3 is 2.00 bits per heavy atom. The van der Waals surface area contributed by atoms with Crippen molar-refractivity contribution in [3.05, 3.63) is 120 Å². The zero-order chi connectivity index (χ0) is 23.3. The molecule has 33 heavy (non-hydrogen) atoms. The van der Waals surface area contributed by atoms with Crippen LogP contribution in [0, 0.1) is 0 Å². The van der Waals surface area contributed by atoms with E-state index in [2.05, 4.69) is 4.72 Å². The summed E-state index contributed by atoms with van der Waals surface area (Å²) in [4.78, 5) is 11.2. The molecule has 166 valence electrons. The first kappa shape index (κ1) is 22.3. The molecule has 0 aliphatic rings. The first-order valence-electron chi connectivity index (χ1n) is 10.5. The van der Waals surface area contributed by atoms with Crippen LogP contribution in [-0.4, -0.2) is 19.5 Å². The van der Waals surface area contributed by atoms with Crippen molar-refractivity contribution in [3.8, 4) is 11.1 Å². The Kier molecular flexibility index (Phi) is 6.56. The van der Waals surface area contributed by atoms with E-state index in [0.29, 0.717) is 12.1 Å². The summed E-state index contributed by atoms with van der Waals surface area (Å²) < 4.78 is 28.4. The van der Waals surface area contributed by atoms with Crippen LogP contribution >= 0.6 is 0 Å². The highest BCUT2D eigenvalue weighted by Crippen LogP contribution is 2.23. The number of anilines is 1. The van der Waals surface area contributed by atoms with Gasteiger partial charge in [-0.1, -0.05) is 66.7 Å². The van der Waals surface area contributed by atoms with Gasteiger partial charge in [-0.25, -0.2) is 13.2 Å². The minimum Gasteiger partial charge on any atom is -0.478 e. The topological polar surface area (TPSA) is 83.5 Å². The fraction of sp³-hybridized carbons (Fsp3) is 0.0741. The lowest BCUT2D eigenvalue weighted by molar-refractivity contribution is 0.0697. The fourth-order valence-electron chi connectivity index (χ4n) is 3.56. The molecule has 0 spiro atoms. The van der Waals surface area contributed by atoms with Crippen LogP contribution in [0.2, 0.25) is 0 Å². The Balaban J connectivity index is 1.43. The molecule has 4 rings (SSSR count). The Labute approximate surface area is 193 Å². The van der Waals surface area contributed by atoms with Crippen LogP contribution in [0.25, 0.3) is 11.1 Å². The summed E-state index contributed by atoms with van der Waals surface area (Å²) in [5, 5.41) is 9.00. The van der Waals surface area contributed by atoms with Crippen LogP contribution in [-0.2, 0) is 22.9 Å². The van der Waals surface area contributed by atoms with E-state index >= 15 is 0 Å². The maximum atomic E-state index is 12.9. The zero-order valence-electron chi connectivity index (χ0n) is 17.8. The lowest BCUT2D eigenvalue weighted by atomic mass is 10.0. The summed E-state index contributed by atoms with van der Waals surface area (Å²) in [6, 6.07) is 30.7. The third kappa shape index (κ3) is 5.67. The van der Waals surface area contributed by atoms with Crippen molar-refractivity contribution in [2.45, 2.75) is 17.7 Å². The third-order valence-electron chi connectivity index (χ3n) is 5.35. The minimum absolute atomic E-state index is 0.200. The van der Waals surface area contributed by atoms with Crippen molar-refractivity contribution < 1.29 is 18.3 Å². The van der Waals surface area contributed by atoms with Gasteiger partial charge in [-0.2, -0.15) is 0 Å². The van der Waals surface area contributed by atoms with Crippen molar-refractivity contribution in [1.82, 2.24) is 0 Å². The van der Waals surface area contributed by atoms with Gasteiger partial charge in [-0.3, -0.25) is 4.72 Å². The van der Waals surface area contributed by atoms with Crippen LogP contribution in [0.15, 0.2) is 108 Å². The molecule has 0 aliphatic heterocycles. The maximum Gasteiger partial charge on any atom is 0.335 e. The largest absolute Gasteiger partial charge is 0.478 e. The summed E-state index contributed by atoms with van der Waals surface area (Å²) in [5.74, 6) is -0.948. The van der Waals surface area contributed by atoms with Gasteiger partial charge in [0.25, 0.3) is 10.0 Å². The molecular formula is C27H23NO4S. The zero-order valence-corrected chi connectivity index (χ0v) is 18.6. The molecule has 0 unspecified atom stereocenters. The Morgan fingerprint density at radius 2 is 1.33 bits per heavy atom. The number of carboxylic acid groups (broad SMARTS) is 1. The van der Waals surface area contributed by atoms with Gasteiger partial charge >= 0.3 is 5.97 Å². The molecule has 0 amide bonds. The molecule has 4 aromatic rings. The van der Waals surface area contributed by atoms with Crippen molar-refractivity contribution in [2.75, 3.05) is 4.72 Å². The van der Waals surface area contributed by atoms with Crippen LogP contribution in [0.5, 0.6) is 0 Å². The number of rotatable bonds is 8. The highest BCUT2D eigenvalue weighted by molar-refractivity contribution is 7.92. The van der Waals surface area contributed by atoms with Crippen molar-refractivity contribution >= 4 is 21.7 Å². The Hall–Kier alpha value is -3.90. The average molecular weight is 458 g/mol. The fourth-order valence-corrected chi connectivity index (χ4v) is 4.61. The number of hydrogen-bond donors (Lipinski definition) is 2. The third-order valence-corrected chi connectivity index (χ3v) is 6.75. The molecule has 0 fully saturated rings. The van der Waals surface area contributed by atoms with Gasteiger partial charge < -0.3 is 5.11 Å². The quantitative estimate of drug-likeness (QED) is 0.359. The van der Waals surface area contributed by atoms with E-state index in [1.54, 1.807) is 54.6 Å². The summed E-state index contributed by atoms with van der Waals surface area (Å²) in [5.41, 5.74) is 4.74. The standard InChI is InChI=1S/C27H23NO4S/c29-27(30)24-13-11-20(12-14-24)9-10-21-5-4-8-25(19-21)28-33(31,32)26-17-15-23(16-18-26)22-6-2-1-3-7-22/h1-8,11-19,28H,9-10H2,(H,29,30). The molecule has 2 N–H and O–H groups in total. The molecule has 0 heterocycles. The molecular weight excluding hydrogens is 434 g/mol. The number of benzene rings is 4. The number of sulfonamides is 1. The van der Waals surface area contributed by atoms with Gasteiger partial charge in [0.15, 0.2) is 0 Å². The molecule has 0 aliphatic carbocycles. The SMILES string of the molecule is O=C(O)c1ccc(CCc2cccc(NS(=O)(=O)c3ccc(-c4ccccc4)cc3)c2)cc1. The minimum atomic E-state index is -3.71. The van der Waals surface area contributed by atoms with E-state index in [1.807, 2.05) is 48.5 Å². The molecule has 5 nitrogen and oxygen atoms in total. The molecule has 0 atom stereocenters. The lowest BCUT2D eigenvalue weighted by Gasteiger charge is -2.11. The van der Waals surface area contributed by atoms with Gasteiger partial charge in [0.2, 0.25) is 0 Å². The average Bonchev–Trinajstić information content (AvgIpc) is 2.83. The monoisotopic (exact) mass is 457 g/mol. The second-order valence-corrected chi connectivity index (χ2v) is 9.38. The Bertz CT molecular complexity index is 1350. The number of nitrogens with one attached hydrogen (secondary N) is 1. The number of aromatic carboxylic acids is 1. The smallest absolute Gasteiger partial charge is 0.335 e. The second kappa shape index (κ2) is 9.71. The van der Waals surface area contributed by atoms with E-state index < -0.39 is 16.0 Å². The van der Waals surface area contributed by atoms with Gasteiger partial charge in [0.1, 0.15) is 0 Å². The molecule has 0 saturated heterocycles. The van der Waals surface area contributed by atoms with Gasteiger partial charge in [-0.05, 0) is 71.5 Å². The summed E-state index contributed by atoms with van der Waals surface area (Å²) >= 11 is 0. The summed E-state index contributed by atoms with van der Waals surface area (Å²) in [7, 11) is -3.71. The molecule has 0 radical (unpaired) electrons. The Morgan fingerprint density at radius 1 is 0.697 bits per heavy atom. The number of aryl methyl sites for hydroxylation is 2. The predicted molar refractivity (Wildman–Crippen MR) is 130 cm³/mol. The molecule has 0 aromatic heterocycles. The maximum absolute atomic E-state index is 12.9. The van der Waals surface area contributed by atoms with Crippen molar-refractivity contribution in [3.63, 3.8) is 0 Å². The predicted octanol–water partition coefficient (Wildman–Crippen LogP) is 5.64. The summed E-state index contributed by atoms with van der Waals surface area (Å²) in [6.45, 7) is 0. The highest BCUT2D eigenvalue weighted by atomic mass is 32.2. The van der Waals surface area contributed by atoms with E-state index in [-0.39, 0.29) is 10.5 Å². The van der Waals surface area contributed by atoms with E-state index in [0.717, 1.165) is 28.7 Å². The normalized spacial score (nSPS) is 11.2. The molecule has 0 saturated carbocycles. The van der Waals surface area contributed by atoms with Gasteiger partial charge in [0, 0.05) is 5.69 Å². The molecule has 0 bridgehead atoms. The first-order chi connectivity index (χ1) is 15.9.